The molecule has 3 N–H and O–H groups in total. The van der Waals surface area contributed by atoms with E-state index < -0.39 is 10.0 Å². The first-order chi connectivity index (χ1) is 21.0. The maximum Gasteiger partial charge on any atom is 0.229 e. The van der Waals surface area contributed by atoms with Crippen LogP contribution in [0.15, 0.2) is 36.5 Å². The van der Waals surface area contributed by atoms with Gasteiger partial charge in [-0.25, -0.2) is 13.4 Å². The number of hydrogen-bond acceptors (Lipinski definition) is 11. The summed E-state index contributed by atoms with van der Waals surface area (Å²) in [6.07, 6.45) is 4.85. The van der Waals surface area contributed by atoms with Crippen molar-refractivity contribution in [3.05, 3.63) is 47.1 Å². The van der Waals surface area contributed by atoms with E-state index in [1.54, 1.807) is 25.3 Å². The summed E-state index contributed by atoms with van der Waals surface area (Å²) in [5.41, 5.74) is 3.72. The van der Waals surface area contributed by atoms with Crippen LogP contribution in [0.2, 0.25) is 5.02 Å². The Kier molecular flexibility index (Phi) is 9.88. The molecule has 3 aromatic rings. The van der Waals surface area contributed by atoms with Gasteiger partial charge in [-0.05, 0) is 50.6 Å². The standard InChI is InChI=1S/C30H41ClN8O4S/c1-20-16-26(28(43-4)18-27(20)39-10-8-21(9-11-39)38-14-12-37(2)13-15-38)34-30-32-19-23(31)29(35-30)33-25-17-22(42-3)6-7-24(25)36-44(5,40)41/h6-7,16-19,21,36H,8-15H2,1-5H3,(H2,32,33,34,35). The van der Waals surface area contributed by atoms with Crippen LogP contribution in [0.3, 0.4) is 0 Å². The minimum atomic E-state index is -3.53. The van der Waals surface area contributed by atoms with E-state index in [2.05, 4.69) is 60.1 Å². The Morgan fingerprint density at radius 2 is 1.66 bits per heavy atom. The topological polar surface area (TPSA) is 124 Å². The molecule has 0 bridgehead atoms. The molecule has 14 heteroatoms. The Bertz CT molecular complexity index is 1580. The van der Waals surface area contributed by atoms with Gasteiger partial charge in [-0.2, -0.15) is 4.98 Å². The second-order valence-electron chi connectivity index (χ2n) is 11.3. The summed E-state index contributed by atoms with van der Waals surface area (Å²) in [6.45, 7) is 8.69. The van der Waals surface area contributed by atoms with Crippen LogP contribution in [0.1, 0.15) is 18.4 Å². The largest absolute Gasteiger partial charge is 0.497 e. The monoisotopic (exact) mass is 644 g/mol. The minimum absolute atomic E-state index is 0.252. The average Bonchev–Trinajstić information content (AvgIpc) is 2.99. The first-order valence-electron chi connectivity index (χ1n) is 14.6. The highest BCUT2D eigenvalue weighted by Crippen LogP contribution is 2.37. The number of nitrogens with zero attached hydrogens (tertiary/aromatic N) is 5. The number of benzene rings is 2. The predicted molar refractivity (Wildman–Crippen MR) is 177 cm³/mol. The molecule has 44 heavy (non-hydrogen) atoms. The number of ether oxygens (including phenoxy) is 2. The van der Waals surface area contributed by atoms with Gasteiger partial charge in [0.05, 0.1) is 43.7 Å². The molecule has 0 aliphatic carbocycles. The molecule has 5 rings (SSSR count). The quantitative estimate of drug-likeness (QED) is 0.288. The van der Waals surface area contributed by atoms with Crippen molar-refractivity contribution in [2.45, 2.75) is 25.8 Å². The first kappa shape index (κ1) is 31.9. The number of aromatic nitrogens is 2. The summed E-state index contributed by atoms with van der Waals surface area (Å²) in [4.78, 5) is 16.4. The number of piperidine rings is 1. The molecule has 2 fully saturated rings. The van der Waals surface area contributed by atoms with Crippen molar-refractivity contribution < 1.29 is 17.9 Å². The zero-order valence-electron chi connectivity index (χ0n) is 25.9. The zero-order valence-corrected chi connectivity index (χ0v) is 27.4. The van der Waals surface area contributed by atoms with Gasteiger partial charge in [-0.15, -0.1) is 0 Å². The number of methoxy groups -OCH3 is 2. The van der Waals surface area contributed by atoms with E-state index in [4.69, 9.17) is 21.1 Å². The summed E-state index contributed by atoms with van der Waals surface area (Å²) in [5, 5.41) is 6.63. The van der Waals surface area contributed by atoms with E-state index in [0.717, 1.165) is 75.3 Å². The predicted octanol–water partition coefficient (Wildman–Crippen LogP) is 4.53. The molecule has 2 aliphatic rings. The number of piperazine rings is 1. The number of likely N-dealkylation sites (N-methyl/N-ethyl adjacent to an activating group) is 1. The van der Waals surface area contributed by atoms with Gasteiger partial charge in [0.15, 0.2) is 5.82 Å². The fraction of sp³-hybridized carbons (Fsp3) is 0.467. The molecule has 0 amide bonds. The van der Waals surface area contributed by atoms with Crippen molar-refractivity contribution in [2.75, 3.05) is 87.0 Å². The van der Waals surface area contributed by atoms with Crippen molar-refractivity contribution in [3.63, 3.8) is 0 Å². The summed E-state index contributed by atoms with van der Waals surface area (Å²) in [5.74, 6) is 1.77. The molecule has 3 heterocycles. The van der Waals surface area contributed by atoms with E-state index in [1.807, 2.05) is 6.07 Å². The normalized spacial score (nSPS) is 16.9. The highest BCUT2D eigenvalue weighted by molar-refractivity contribution is 7.92. The van der Waals surface area contributed by atoms with Crippen molar-refractivity contribution >= 4 is 56.1 Å². The number of anilines is 6. The molecule has 12 nitrogen and oxygen atoms in total. The van der Waals surface area contributed by atoms with E-state index in [9.17, 15) is 8.42 Å². The van der Waals surface area contributed by atoms with Crippen LogP contribution in [0.5, 0.6) is 11.5 Å². The molecule has 238 valence electrons. The molecule has 0 unspecified atom stereocenters. The van der Waals surface area contributed by atoms with Crippen molar-refractivity contribution in [1.29, 1.82) is 0 Å². The molecule has 2 aliphatic heterocycles. The van der Waals surface area contributed by atoms with Crippen LogP contribution in [0.25, 0.3) is 0 Å². The third-order valence-electron chi connectivity index (χ3n) is 8.14. The van der Waals surface area contributed by atoms with Crippen LogP contribution in [-0.2, 0) is 10.0 Å². The van der Waals surface area contributed by atoms with Crippen LogP contribution >= 0.6 is 11.6 Å². The molecule has 0 radical (unpaired) electrons. The summed E-state index contributed by atoms with van der Waals surface area (Å²) in [6, 6.07) is 9.66. The van der Waals surface area contributed by atoms with Gasteiger partial charge in [0.1, 0.15) is 16.5 Å². The van der Waals surface area contributed by atoms with E-state index in [0.29, 0.717) is 28.9 Å². The summed E-state index contributed by atoms with van der Waals surface area (Å²) < 4.78 is 37.5. The van der Waals surface area contributed by atoms with Gasteiger partial charge in [0.2, 0.25) is 16.0 Å². The lowest BCUT2D eigenvalue weighted by Gasteiger charge is -2.43. The zero-order chi connectivity index (χ0) is 31.4. The number of rotatable bonds is 10. The Hall–Kier alpha value is -3.52. The van der Waals surface area contributed by atoms with Crippen LogP contribution in [-0.4, -0.2) is 101 Å². The molecule has 1 aromatic heterocycles. The van der Waals surface area contributed by atoms with Gasteiger partial charge < -0.3 is 29.9 Å². The molecule has 2 saturated heterocycles. The lowest BCUT2D eigenvalue weighted by molar-refractivity contribution is 0.0982. The fourth-order valence-corrected chi connectivity index (χ4v) is 6.46. The first-order valence-corrected chi connectivity index (χ1v) is 16.9. The highest BCUT2D eigenvalue weighted by Gasteiger charge is 2.28. The molecular weight excluding hydrogens is 604 g/mol. The van der Waals surface area contributed by atoms with Crippen molar-refractivity contribution in [2.24, 2.45) is 0 Å². The Labute approximate surface area is 264 Å². The van der Waals surface area contributed by atoms with Crippen molar-refractivity contribution in [1.82, 2.24) is 19.8 Å². The van der Waals surface area contributed by atoms with E-state index in [-0.39, 0.29) is 16.8 Å². The van der Waals surface area contributed by atoms with Gasteiger partial charge in [-0.3, -0.25) is 9.62 Å². The second-order valence-corrected chi connectivity index (χ2v) is 13.5. The Morgan fingerprint density at radius 1 is 0.932 bits per heavy atom. The second kappa shape index (κ2) is 13.6. The maximum absolute atomic E-state index is 11.9. The van der Waals surface area contributed by atoms with Gasteiger partial charge in [-0.1, -0.05) is 11.6 Å². The van der Waals surface area contributed by atoms with Crippen molar-refractivity contribution in [3.8, 4) is 11.5 Å². The van der Waals surface area contributed by atoms with Gasteiger partial charge in [0.25, 0.3) is 0 Å². The van der Waals surface area contributed by atoms with E-state index in [1.165, 1.54) is 13.3 Å². The molecule has 2 aromatic carbocycles. The molecule has 0 saturated carbocycles. The molecule has 0 spiro atoms. The fourth-order valence-electron chi connectivity index (χ4n) is 5.75. The highest BCUT2D eigenvalue weighted by atomic mass is 35.5. The smallest absolute Gasteiger partial charge is 0.229 e. The SMILES string of the molecule is COc1ccc(NS(C)(=O)=O)c(Nc2nc(Nc3cc(C)c(N4CCC(N5CCN(C)CC5)CC4)cc3OC)ncc2Cl)c1. The van der Waals surface area contributed by atoms with Gasteiger partial charge in [0, 0.05) is 63.1 Å². The van der Waals surface area contributed by atoms with Gasteiger partial charge >= 0.3 is 0 Å². The summed E-state index contributed by atoms with van der Waals surface area (Å²) in [7, 11) is 1.84. The van der Waals surface area contributed by atoms with Crippen LogP contribution < -0.4 is 29.7 Å². The number of halogens is 1. The number of hydrogen-bond donors (Lipinski definition) is 3. The molecule has 0 atom stereocenters. The van der Waals surface area contributed by atoms with Crippen LogP contribution in [0.4, 0.5) is 34.5 Å². The minimum Gasteiger partial charge on any atom is -0.497 e. The molecular formula is C30H41ClN8O4S. The maximum atomic E-state index is 11.9. The third-order valence-corrected chi connectivity index (χ3v) is 9.01. The lowest BCUT2D eigenvalue weighted by atomic mass is 10.0. The van der Waals surface area contributed by atoms with Crippen LogP contribution in [0, 0.1) is 6.92 Å². The average molecular weight is 645 g/mol. The Balaban J connectivity index is 1.32. The summed E-state index contributed by atoms with van der Waals surface area (Å²) >= 11 is 6.44. The Morgan fingerprint density at radius 3 is 2.32 bits per heavy atom. The third kappa shape index (κ3) is 7.76. The number of nitrogens with one attached hydrogen (secondary N) is 3. The lowest BCUT2D eigenvalue weighted by Crippen LogP contribution is -2.52. The number of sulfonamides is 1. The number of aryl methyl sites for hydroxylation is 1. The van der Waals surface area contributed by atoms with E-state index >= 15 is 0 Å².